The Bertz CT molecular complexity index is 823. The Kier molecular flexibility index (Phi) is 9.58. The van der Waals surface area contributed by atoms with Crippen LogP contribution in [0.25, 0.3) is 0 Å². The Labute approximate surface area is 176 Å². The van der Waals surface area contributed by atoms with Crippen LogP contribution in [0.4, 0.5) is 0 Å². The number of amides is 2. The molecule has 0 fully saturated rings. The molecule has 8 nitrogen and oxygen atoms in total. The highest BCUT2D eigenvalue weighted by molar-refractivity contribution is 5.88. The fourth-order valence-electron chi connectivity index (χ4n) is 2.43. The number of carbonyl (C=O) groups is 2. The van der Waals surface area contributed by atoms with Crippen molar-refractivity contribution in [2.75, 3.05) is 13.2 Å². The largest absolute Gasteiger partial charge is 0.493 e. The predicted octanol–water partition coefficient (Wildman–Crippen LogP) is 2.86. The zero-order valence-electron chi connectivity index (χ0n) is 17.1. The molecule has 0 unspecified atom stereocenters. The van der Waals surface area contributed by atoms with E-state index in [1.807, 2.05) is 62.4 Å². The van der Waals surface area contributed by atoms with Crippen LogP contribution in [0, 0.1) is 0 Å². The lowest BCUT2D eigenvalue weighted by atomic mass is 10.2. The minimum Gasteiger partial charge on any atom is -0.493 e. The smallest absolute Gasteiger partial charge is 0.240 e. The highest BCUT2D eigenvalue weighted by Crippen LogP contribution is 2.16. The molecule has 0 atom stereocenters. The summed E-state index contributed by atoms with van der Waals surface area (Å²) in [5.74, 6) is 0.615. The quantitative estimate of drug-likeness (QED) is 0.439. The molecule has 0 aliphatic carbocycles. The number of nitrogens with one attached hydrogen (secondary N) is 2. The molecule has 0 saturated carbocycles. The van der Waals surface area contributed by atoms with E-state index in [0.29, 0.717) is 24.7 Å². The summed E-state index contributed by atoms with van der Waals surface area (Å²) in [4.78, 5) is 23.7. The second kappa shape index (κ2) is 12.7. The normalized spacial score (nSPS) is 10.9. The standard InChI is InChI=1S/C22H26N4O4/c1-3-29-19-11-7-5-9-17(19)15-23-25-21(27)13-14-22(28)26-24-16-18-10-6-8-12-20(18)30-4-2/h5-12,15-16H,3-4,13-14H2,1-2H3,(H,25,27)(H,26,28)/b23-15-,24-16-. The first-order valence-corrected chi connectivity index (χ1v) is 9.71. The summed E-state index contributed by atoms with van der Waals surface area (Å²) < 4.78 is 11.0. The van der Waals surface area contributed by atoms with E-state index in [1.165, 1.54) is 12.4 Å². The summed E-state index contributed by atoms with van der Waals surface area (Å²) in [6, 6.07) is 14.7. The van der Waals surface area contributed by atoms with E-state index in [4.69, 9.17) is 9.47 Å². The van der Waals surface area contributed by atoms with Crippen molar-refractivity contribution in [1.29, 1.82) is 0 Å². The molecule has 158 valence electrons. The van der Waals surface area contributed by atoms with Gasteiger partial charge in [-0.05, 0) is 38.1 Å². The highest BCUT2D eigenvalue weighted by atomic mass is 16.5. The fourth-order valence-corrected chi connectivity index (χ4v) is 2.43. The van der Waals surface area contributed by atoms with E-state index in [0.717, 1.165) is 11.1 Å². The number of nitrogens with zero attached hydrogens (tertiary/aromatic N) is 2. The molecule has 30 heavy (non-hydrogen) atoms. The van der Waals surface area contributed by atoms with Crippen LogP contribution in [0.2, 0.25) is 0 Å². The molecule has 0 bridgehead atoms. The van der Waals surface area contributed by atoms with Gasteiger partial charge >= 0.3 is 0 Å². The molecule has 2 rings (SSSR count). The third kappa shape index (κ3) is 7.75. The van der Waals surface area contributed by atoms with Crippen molar-refractivity contribution >= 4 is 24.2 Å². The first-order valence-electron chi connectivity index (χ1n) is 9.71. The molecule has 0 spiro atoms. The number of hydrogen-bond acceptors (Lipinski definition) is 6. The second-order valence-electron chi connectivity index (χ2n) is 6.03. The number of benzene rings is 2. The van der Waals surface area contributed by atoms with E-state index in [9.17, 15) is 9.59 Å². The maximum absolute atomic E-state index is 11.9. The monoisotopic (exact) mass is 410 g/mol. The van der Waals surface area contributed by atoms with Gasteiger partial charge < -0.3 is 9.47 Å². The van der Waals surface area contributed by atoms with E-state index >= 15 is 0 Å². The fraction of sp³-hybridized carbons (Fsp3) is 0.273. The Balaban J connectivity index is 1.75. The van der Waals surface area contributed by atoms with Gasteiger partial charge in [0, 0.05) is 24.0 Å². The number of hydrogen-bond donors (Lipinski definition) is 2. The van der Waals surface area contributed by atoms with Crippen molar-refractivity contribution in [3.63, 3.8) is 0 Å². The lowest BCUT2D eigenvalue weighted by molar-refractivity contribution is -0.126. The number of rotatable bonds is 11. The molecule has 0 radical (unpaired) electrons. The maximum atomic E-state index is 11.9. The van der Waals surface area contributed by atoms with Gasteiger partial charge in [-0.1, -0.05) is 24.3 Å². The number of carbonyl (C=O) groups excluding carboxylic acids is 2. The molecule has 0 aromatic heterocycles. The third-order valence-corrected chi connectivity index (χ3v) is 3.80. The minimum absolute atomic E-state index is 0.0126. The Morgan fingerprint density at radius 2 is 1.17 bits per heavy atom. The predicted molar refractivity (Wildman–Crippen MR) is 116 cm³/mol. The van der Waals surface area contributed by atoms with Gasteiger partial charge in [0.05, 0.1) is 25.6 Å². The van der Waals surface area contributed by atoms with Crippen molar-refractivity contribution in [3.05, 3.63) is 59.7 Å². The lowest BCUT2D eigenvalue weighted by Crippen LogP contribution is -2.22. The second-order valence-corrected chi connectivity index (χ2v) is 6.03. The zero-order valence-corrected chi connectivity index (χ0v) is 17.1. The molecule has 0 aliphatic rings. The Morgan fingerprint density at radius 1 is 0.767 bits per heavy atom. The van der Waals surface area contributed by atoms with Crippen molar-refractivity contribution in [1.82, 2.24) is 10.9 Å². The third-order valence-electron chi connectivity index (χ3n) is 3.80. The molecule has 8 heteroatoms. The van der Waals surface area contributed by atoms with Crippen LogP contribution in [-0.2, 0) is 9.59 Å². The highest BCUT2D eigenvalue weighted by Gasteiger charge is 2.06. The summed E-state index contributed by atoms with van der Waals surface area (Å²) in [6.07, 6.45) is 2.98. The summed E-state index contributed by atoms with van der Waals surface area (Å²) >= 11 is 0. The molecule has 0 saturated heterocycles. The van der Waals surface area contributed by atoms with Crippen LogP contribution in [0.15, 0.2) is 58.7 Å². The van der Waals surface area contributed by atoms with E-state index in [2.05, 4.69) is 21.1 Å². The molecule has 2 aromatic rings. The minimum atomic E-state index is -0.374. The van der Waals surface area contributed by atoms with Crippen LogP contribution >= 0.6 is 0 Å². The van der Waals surface area contributed by atoms with Gasteiger partial charge in [-0.25, -0.2) is 10.9 Å². The van der Waals surface area contributed by atoms with E-state index in [1.54, 1.807) is 0 Å². The molecule has 2 N–H and O–H groups in total. The molecule has 2 amide bonds. The van der Waals surface area contributed by atoms with Crippen molar-refractivity contribution < 1.29 is 19.1 Å². The first-order chi connectivity index (χ1) is 14.6. The van der Waals surface area contributed by atoms with Gasteiger partial charge in [0.15, 0.2) is 0 Å². The summed E-state index contributed by atoms with van der Waals surface area (Å²) in [5.41, 5.74) is 6.30. The van der Waals surface area contributed by atoms with E-state index < -0.39 is 0 Å². The van der Waals surface area contributed by atoms with Crippen LogP contribution in [0.3, 0.4) is 0 Å². The molecule has 0 heterocycles. The number of para-hydroxylation sites is 2. The van der Waals surface area contributed by atoms with Gasteiger partial charge in [-0.2, -0.15) is 10.2 Å². The molecule has 0 aliphatic heterocycles. The average Bonchev–Trinajstić information content (AvgIpc) is 2.75. The van der Waals surface area contributed by atoms with Crippen LogP contribution < -0.4 is 20.3 Å². The van der Waals surface area contributed by atoms with Crippen LogP contribution in [-0.4, -0.2) is 37.5 Å². The molecule has 2 aromatic carbocycles. The Hall–Kier alpha value is -3.68. The molecular formula is C22H26N4O4. The van der Waals surface area contributed by atoms with Crippen molar-refractivity contribution in [3.8, 4) is 11.5 Å². The number of ether oxygens (including phenoxy) is 2. The van der Waals surface area contributed by atoms with Gasteiger partial charge in [0.1, 0.15) is 11.5 Å². The van der Waals surface area contributed by atoms with E-state index in [-0.39, 0.29) is 24.7 Å². The van der Waals surface area contributed by atoms with Gasteiger partial charge in [-0.3, -0.25) is 9.59 Å². The van der Waals surface area contributed by atoms with Crippen molar-refractivity contribution in [2.45, 2.75) is 26.7 Å². The summed E-state index contributed by atoms with van der Waals surface area (Å²) in [5, 5.41) is 7.82. The lowest BCUT2D eigenvalue weighted by Gasteiger charge is -2.06. The van der Waals surface area contributed by atoms with Gasteiger partial charge in [-0.15, -0.1) is 0 Å². The van der Waals surface area contributed by atoms with Crippen LogP contribution in [0.5, 0.6) is 11.5 Å². The van der Waals surface area contributed by atoms with Gasteiger partial charge in [0.25, 0.3) is 0 Å². The molecular weight excluding hydrogens is 384 g/mol. The topological polar surface area (TPSA) is 101 Å². The zero-order chi connectivity index (χ0) is 21.6. The maximum Gasteiger partial charge on any atom is 0.240 e. The Morgan fingerprint density at radius 3 is 1.57 bits per heavy atom. The summed E-state index contributed by atoms with van der Waals surface area (Å²) in [7, 11) is 0. The van der Waals surface area contributed by atoms with Crippen molar-refractivity contribution in [2.24, 2.45) is 10.2 Å². The summed E-state index contributed by atoms with van der Waals surface area (Å²) in [6.45, 7) is 4.85. The van der Waals surface area contributed by atoms with Crippen LogP contribution in [0.1, 0.15) is 37.8 Å². The number of hydrazone groups is 2. The SMILES string of the molecule is CCOc1ccccc1/C=N\NC(=O)CCC(=O)N/N=C\c1ccccc1OCC. The average molecular weight is 410 g/mol. The first kappa shape index (κ1) is 22.6. The van der Waals surface area contributed by atoms with Gasteiger partial charge in [0.2, 0.25) is 11.8 Å².